The predicted molar refractivity (Wildman–Crippen MR) is 104 cm³/mol. The molecule has 1 aliphatic carbocycles. The van der Waals surface area contributed by atoms with E-state index in [0.29, 0.717) is 42.5 Å². The van der Waals surface area contributed by atoms with Crippen LogP contribution in [0.5, 0.6) is 0 Å². The molecule has 0 bridgehead atoms. The van der Waals surface area contributed by atoms with Crippen molar-refractivity contribution in [3.8, 4) is 0 Å². The lowest BCUT2D eigenvalue weighted by atomic mass is 10.00. The van der Waals surface area contributed by atoms with E-state index in [9.17, 15) is 9.59 Å². The summed E-state index contributed by atoms with van der Waals surface area (Å²) in [6.07, 6.45) is 3.04. The third-order valence-corrected chi connectivity index (χ3v) is 5.52. The van der Waals surface area contributed by atoms with E-state index in [4.69, 9.17) is 23.1 Å². The number of rotatable bonds is 3. The first-order valence-electron chi connectivity index (χ1n) is 8.79. The third kappa shape index (κ3) is 3.01. The summed E-state index contributed by atoms with van der Waals surface area (Å²) in [4.78, 5) is 30.5. The average molecular weight is 390 g/mol. The number of piperazine rings is 1. The number of nitrogens with two attached hydrogens (primary N) is 1. The molecule has 0 amide bonds. The first-order valence-corrected chi connectivity index (χ1v) is 9.19. The Morgan fingerprint density at radius 3 is 2.52 bits per heavy atom. The summed E-state index contributed by atoms with van der Waals surface area (Å²) in [5, 5.41) is 9.58. The summed E-state index contributed by atoms with van der Waals surface area (Å²) in [5.74, 6) is -1.66. The molecular formula is C18H19FN4O3S. The van der Waals surface area contributed by atoms with Crippen LogP contribution in [-0.2, 0) is 0 Å². The van der Waals surface area contributed by atoms with E-state index in [1.807, 2.05) is 9.80 Å². The number of aromatic nitrogens is 1. The zero-order valence-electron chi connectivity index (χ0n) is 14.5. The smallest absolute Gasteiger partial charge is 0.341 e. The predicted octanol–water partition coefficient (Wildman–Crippen LogP) is 1.61. The van der Waals surface area contributed by atoms with Crippen LogP contribution >= 0.6 is 12.2 Å². The number of anilines is 1. The molecule has 0 unspecified atom stereocenters. The Morgan fingerprint density at radius 2 is 1.96 bits per heavy atom. The van der Waals surface area contributed by atoms with Gasteiger partial charge in [-0.15, -0.1) is 0 Å². The highest BCUT2D eigenvalue weighted by Crippen LogP contribution is 2.48. The molecule has 0 radical (unpaired) electrons. The summed E-state index contributed by atoms with van der Waals surface area (Å²) in [6, 6.07) is 1.15. The normalized spacial score (nSPS) is 17.4. The molecule has 1 saturated heterocycles. The van der Waals surface area contributed by atoms with Crippen LogP contribution in [0, 0.1) is 5.82 Å². The number of carboxylic acids is 1. The van der Waals surface area contributed by atoms with Gasteiger partial charge in [-0.25, -0.2) is 9.18 Å². The van der Waals surface area contributed by atoms with Crippen molar-refractivity contribution in [3.63, 3.8) is 0 Å². The van der Waals surface area contributed by atoms with Gasteiger partial charge in [0.05, 0.1) is 11.2 Å². The molecule has 9 heteroatoms. The second kappa shape index (κ2) is 6.49. The Balaban J connectivity index is 1.84. The number of pyridine rings is 1. The van der Waals surface area contributed by atoms with Gasteiger partial charge in [0.1, 0.15) is 11.4 Å². The number of H-pyrrole nitrogens is 1. The molecule has 4 N–H and O–H groups in total. The standard InChI is InChI=1S/C18H19FN4O3S/c19-12-7-10-14(21-8-11(16(10)24)17(25)26)13(9-1-2-9)15(12)22-3-5-23(6-4-22)18(20)27/h7-9H,1-6H2,(H2,20,27)(H,21,24)(H,25,26). The molecule has 2 heterocycles. The highest BCUT2D eigenvalue weighted by molar-refractivity contribution is 7.80. The maximum Gasteiger partial charge on any atom is 0.341 e. The number of fused-ring (bicyclic) bond motifs is 1. The fourth-order valence-corrected chi connectivity index (χ4v) is 3.93. The largest absolute Gasteiger partial charge is 0.477 e. The summed E-state index contributed by atoms with van der Waals surface area (Å²) >= 11 is 5.01. The zero-order valence-corrected chi connectivity index (χ0v) is 15.3. The van der Waals surface area contributed by atoms with Gasteiger partial charge in [-0.3, -0.25) is 4.79 Å². The van der Waals surface area contributed by atoms with Gasteiger partial charge in [0.25, 0.3) is 0 Å². The minimum absolute atomic E-state index is 0.0832. The minimum Gasteiger partial charge on any atom is -0.477 e. The van der Waals surface area contributed by atoms with E-state index in [1.165, 1.54) is 6.20 Å². The summed E-state index contributed by atoms with van der Waals surface area (Å²) in [5.41, 5.74) is 6.41. The number of aromatic amines is 1. The fraction of sp³-hybridized carbons (Fsp3) is 0.389. The third-order valence-electron chi connectivity index (χ3n) is 5.26. The minimum atomic E-state index is -1.33. The number of hydrogen-bond donors (Lipinski definition) is 3. The lowest BCUT2D eigenvalue weighted by molar-refractivity contribution is 0.0695. The van der Waals surface area contributed by atoms with Crippen molar-refractivity contribution in [2.75, 3.05) is 31.1 Å². The van der Waals surface area contributed by atoms with Crippen molar-refractivity contribution in [1.82, 2.24) is 9.88 Å². The molecule has 4 rings (SSSR count). The SMILES string of the molecule is NC(=S)N1CCN(c2c(F)cc3c(=O)c(C(=O)O)c[nH]c3c2C2CC2)CC1. The lowest BCUT2D eigenvalue weighted by Gasteiger charge is -2.37. The van der Waals surface area contributed by atoms with E-state index in [-0.39, 0.29) is 16.9 Å². The average Bonchev–Trinajstić information content (AvgIpc) is 3.46. The van der Waals surface area contributed by atoms with Gasteiger partial charge in [-0.05, 0) is 37.0 Å². The Labute approximate surface area is 159 Å². The number of aromatic carboxylic acids is 1. The van der Waals surface area contributed by atoms with Gasteiger partial charge in [0, 0.05) is 43.3 Å². The first kappa shape index (κ1) is 17.7. The number of hydrogen-bond acceptors (Lipinski definition) is 4. The van der Waals surface area contributed by atoms with Crippen molar-refractivity contribution < 1.29 is 14.3 Å². The van der Waals surface area contributed by atoms with E-state index < -0.39 is 17.2 Å². The number of carboxylic acid groups (broad SMARTS) is 1. The number of halogens is 1. The molecule has 1 saturated carbocycles. The van der Waals surface area contributed by atoms with E-state index in [0.717, 1.165) is 24.5 Å². The number of carbonyl (C=O) groups is 1. The van der Waals surface area contributed by atoms with Crippen molar-refractivity contribution in [1.29, 1.82) is 0 Å². The molecule has 1 aliphatic heterocycles. The molecule has 142 valence electrons. The molecule has 2 aromatic rings. The summed E-state index contributed by atoms with van der Waals surface area (Å²) in [6.45, 7) is 2.34. The molecule has 1 aromatic carbocycles. The number of benzene rings is 1. The van der Waals surface area contributed by atoms with Crippen molar-refractivity contribution in [2.24, 2.45) is 5.73 Å². The molecular weight excluding hydrogens is 371 g/mol. The van der Waals surface area contributed by atoms with Crippen LogP contribution < -0.4 is 16.1 Å². The van der Waals surface area contributed by atoms with E-state index in [2.05, 4.69) is 4.98 Å². The van der Waals surface area contributed by atoms with Crippen LogP contribution in [0.25, 0.3) is 10.9 Å². The Bertz CT molecular complexity index is 1010. The van der Waals surface area contributed by atoms with E-state index >= 15 is 4.39 Å². The van der Waals surface area contributed by atoms with Crippen molar-refractivity contribution in [2.45, 2.75) is 18.8 Å². The molecule has 7 nitrogen and oxygen atoms in total. The second-order valence-electron chi connectivity index (χ2n) is 6.97. The van der Waals surface area contributed by atoms with Gasteiger partial charge in [-0.1, -0.05) is 0 Å². The Kier molecular flexibility index (Phi) is 4.26. The van der Waals surface area contributed by atoms with Gasteiger partial charge in [0.2, 0.25) is 5.43 Å². The molecule has 1 aromatic heterocycles. The lowest BCUT2D eigenvalue weighted by Crippen LogP contribution is -2.50. The molecule has 27 heavy (non-hydrogen) atoms. The quantitative estimate of drug-likeness (QED) is 0.684. The van der Waals surface area contributed by atoms with Gasteiger partial charge in [0.15, 0.2) is 5.11 Å². The molecule has 2 fully saturated rings. The Morgan fingerprint density at radius 1 is 1.30 bits per heavy atom. The topological polar surface area (TPSA) is 103 Å². The maximum atomic E-state index is 15.1. The summed E-state index contributed by atoms with van der Waals surface area (Å²) < 4.78 is 15.1. The van der Waals surface area contributed by atoms with Gasteiger partial charge < -0.3 is 25.6 Å². The maximum absolute atomic E-state index is 15.1. The first-order chi connectivity index (χ1) is 12.9. The van der Waals surface area contributed by atoms with Crippen LogP contribution in [0.1, 0.15) is 34.7 Å². The van der Waals surface area contributed by atoms with Gasteiger partial charge >= 0.3 is 5.97 Å². The molecule has 0 spiro atoms. The second-order valence-corrected chi connectivity index (χ2v) is 7.38. The highest BCUT2D eigenvalue weighted by Gasteiger charge is 2.34. The van der Waals surface area contributed by atoms with Crippen LogP contribution in [0.4, 0.5) is 10.1 Å². The fourth-order valence-electron chi connectivity index (χ4n) is 3.75. The Hall–Kier alpha value is -2.68. The van der Waals surface area contributed by atoms with Crippen LogP contribution in [0.15, 0.2) is 17.1 Å². The van der Waals surface area contributed by atoms with Crippen LogP contribution in [0.2, 0.25) is 0 Å². The van der Waals surface area contributed by atoms with E-state index in [1.54, 1.807) is 0 Å². The monoisotopic (exact) mass is 390 g/mol. The van der Waals surface area contributed by atoms with Crippen LogP contribution in [0.3, 0.4) is 0 Å². The number of nitrogens with one attached hydrogen (secondary N) is 1. The molecule has 2 aliphatic rings. The van der Waals surface area contributed by atoms with Crippen molar-refractivity contribution in [3.05, 3.63) is 39.4 Å². The summed E-state index contributed by atoms with van der Waals surface area (Å²) in [7, 11) is 0. The highest BCUT2D eigenvalue weighted by atomic mass is 32.1. The number of thiocarbonyl (C=S) groups is 1. The van der Waals surface area contributed by atoms with Crippen LogP contribution in [-0.4, -0.2) is 52.3 Å². The van der Waals surface area contributed by atoms with Gasteiger partial charge in [-0.2, -0.15) is 0 Å². The molecule has 0 atom stereocenters. The van der Waals surface area contributed by atoms with Crippen molar-refractivity contribution >= 4 is 39.9 Å². The number of nitrogens with zero attached hydrogens (tertiary/aromatic N) is 2. The zero-order chi connectivity index (χ0) is 19.3.